The van der Waals surface area contributed by atoms with Crippen molar-refractivity contribution < 1.29 is 14.7 Å². The molecule has 1 heterocycles. The summed E-state index contributed by atoms with van der Waals surface area (Å²) in [5.41, 5.74) is 1.43. The number of carboxylic acid groups (broad SMARTS) is 1. The number of aliphatic carboxylic acids is 1. The maximum atomic E-state index is 11.9. The summed E-state index contributed by atoms with van der Waals surface area (Å²) < 4.78 is 0. The van der Waals surface area contributed by atoms with E-state index in [1.807, 2.05) is 0 Å². The second-order valence-corrected chi connectivity index (χ2v) is 6.36. The van der Waals surface area contributed by atoms with Crippen molar-refractivity contribution in [3.05, 3.63) is 29.8 Å². The topological polar surface area (TPSA) is 78.4 Å². The summed E-state index contributed by atoms with van der Waals surface area (Å²) in [6.07, 6.45) is 2.23. The van der Waals surface area contributed by atoms with E-state index in [0.717, 1.165) is 31.5 Å². The zero-order valence-corrected chi connectivity index (χ0v) is 12.6. The number of amides is 1. The molecule has 2 rings (SSSR count). The van der Waals surface area contributed by atoms with Gasteiger partial charge in [-0.3, -0.25) is 9.59 Å². The lowest BCUT2D eigenvalue weighted by Crippen LogP contribution is -2.30. The van der Waals surface area contributed by atoms with Gasteiger partial charge in [0.05, 0.1) is 12.2 Å². The molecule has 0 spiro atoms. The molecule has 0 bridgehead atoms. The minimum Gasteiger partial charge on any atom is -0.481 e. The van der Waals surface area contributed by atoms with Crippen LogP contribution in [0.15, 0.2) is 24.3 Å². The molecule has 21 heavy (non-hydrogen) atoms. The molecule has 0 radical (unpaired) electrons. The first kappa shape index (κ1) is 15.9. The molecule has 0 atom stereocenters. The summed E-state index contributed by atoms with van der Waals surface area (Å²) in [5, 5.41) is 15.4. The molecule has 0 aromatic heterocycles. The van der Waals surface area contributed by atoms with Crippen molar-refractivity contribution >= 4 is 29.3 Å². The van der Waals surface area contributed by atoms with Crippen molar-refractivity contribution in [2.75, 3.05) is 24.2 Å². The maximum absolute atomic E-state index is 11.9. The molecular formula is C15H20N2O3S. The normalized spacial score (nSPS) is 15.6. The molecule has 0 unspecified atom stereocenters. The first-order valence-electron chi connectivity index (χ1n) is 7.06. The molecule has 5 nitrogen and oxygen atoms in total. The summed E-state index contributed by atoms with van der Waals surface area (Å²) in [5.74, 6) is -0.406. The second kappa shape index (κ2) is 8.05. The molecule has 114 valence electrons. The zero-order chi connectivity index (χ0) is 15.1. The Morgan fingerprint density at radius 1 is 1.24 bits per heavy atom. The standard InChI is InChI=1S/C15H20N2O3S/c18-14(10-21-13-5-7-16-8-6-13)17-12-3-1-11(2-4-12)9-15(19)20/h1-4,13,16H,5-10H2,(H,17,18)(H,19,20). The quantitative estimate of drug-likeness (QED) is 0.746. The highest BCUT2D eigenvalue weighted by Crippen LogP contribution is 2.20. The monoisotopic (exact) mass is 308 g/mol. The van der Waals surface area contributed by atoms with Crippen molar-refractivity contribution in [3.63, 3.8) is 0 Å². The molecule has 6 heteroatoms. The Labute approximate surface area is 128 Å². The maximum Gasteiger partial charge on any atom is 0.307 e. The van der Waals surface area contributed by atoms with Crippen molar-refractivity contribution in [2.24, 2.45) is 0 Å². The van der Waals surface area contributed by atoms with Gasteiger partial charge in [-0.2, -0.15) is 0 Å². The van der Waals surface area contributed by atoms with Gasteiger partial charge in [-0.25, -0.2) is 0 Å². The van der Waals surface area contributed by atoms with Gasteiger partial charge in [-0.15, -0.1) is 11.8 Å². The van der Waals surface area contributed by atoms with Gasteiger partial charge in [-0.1, -0.05) is 12.1 Å². The SMILES string of the molecule is O=C(O)Cc1ccc(NC(=O)CSC2CCNCC2)cc1. The van der Waals surface area contributed by atoms with Crippen LogP contribution in [-0.4, -0.2) is 41.1 Å². The molecule has 1 aromatic rings. The van der Waals surface area contributed by atoms with E-state index < -0.39 is 5.97 Å². The predicted octanol–water partition coefficient (Wildman–Crippen LogP) is 1.74. The van der Waals surface area contributed by atoms with Gasteiger partial charge in [0.25, 0.3) is 0 Å². The second-order valence-electron chi connectivity index (χ2n) is 5.08. The number of rotatable bonds is 6. The van der Waals surface area contributed by atoms with Gasteiger partial charge in [-0.05, 0) is 43.6 Å². The number of carboxylic acids is 1. The van der Waals surface area contributed by atoms with Crippen molar-refractivity contribution in [2.45, 2.75) is 24.5 Å². The van der Waals surface area contributed by atoms with Crippen LogP contribution in [0.4, 0.5) is 5.69 Å². The third kappa shape index (κ3) is 5.77. The van der Waals surface area contributed by atoms with Gasteiger partial charge in [0, 0.05) is 10.9 Å². The van der Waals surface area contributed by atoms with Crippen molar-refractivity contribution in [1.82, 2.24) is 5.32 Å². The van der Waals surface area contributed by atoms with Gasteiger partial charge < -0.3 is 15.7 Å². The first-order chi connectivity index (χ1) is 10.1. The minimum absolute atomic E-state index is 0.000205. The number of benzene rings is 1. The molecule has 1 aromatic carbocycles. The number of hydrogen-bond acceptors (Lipinski definition) is 4. The minimum atomic E-state index is -0.856. The Balaban J connectivity index is 1.75. The third-order valence-corrected chi connectivity index (χ3v) is 4.70. The number of hydrogen-bond donors (Lipinski definition) is 3. The average Bonchev–Trinajstić information content (AvgIpc) is 2.48. The van der Waals surface area contributed by atoms with E-state index in [1.54, 1.807) is 36.0 Å². The van der Waals surface area contributed by atoms with E-state index in [2.05, 4.69) is 10.6 Å². The number of nitrogens with one attached hydrogen (secondary N) is 2. The number of carbonyl (C=O) groups is 2. The lowest BCUT2D eigenvalue weighted by atomic mass is 10.1. The molecular weight excluding hydrogens is 288 g/mol. The predicted molar refractivity (Wildman–Crippen MR) is 84.8 cm³/mol. The van der Waals surface area contributed by atoms with Crippen LogP contribution >= 0.6 is 11.8 Å². The van der Waals surface area contributed by atoms with Crippen LogP contribution in [0.3, 0.4) is 0 Å². The molecule has 1 saturated heterocycles. The molecule has 1 fully saturated rings. The van der Waals surface area contributed by atoms with Crippen LogP contribution < -0.4 is 10.6 Å². The number of carbonyl (C=O) groups excluding carboxylic acids is 1. The van der Waals surface area contributed by atoms with Gasteiger partial charge in [0.15, 0.2) is 0 Å². The Hall–Kier alpha value is -1.53. The highest BCUT2D eigenvalue weighted by molar-refractivity contribution is 8.00. The van der Waals surface area contributed by atoms with Crippen LogP contribution in [0.25, 0.3) is 0 Å². The van der Waals surface area contributed by atoms with E-state index in [1.165, 1.54) is 0 Å². The fourth-order valence-electron chi connectivity index (χ4n) is 2.23. The van der Waals surface area contributed by atoms with Gasteiger partial charge in [0.2, 0.25) is 5.91 Å². The fraction of sp³-hybridized carbons (Fsp3) is 0.467. The Morgan fingerprint density at radius 3 is 2.52 bits per heavy atom. The van der Waals surface area contributed by atoms with Crippen LogP contribution in [-0.2, 0) is 16.0 Å². The Kier molecular flexibility index (Phi) is 6.07. The van der Waals surface area contributed by atoms with Crippen LogP contribution in [0.2, 0.25) is 0 Å². The lowest BCUT2D eigenvalue weighted by Gasteiger charge is -2.21. The van der Waals surface area contributed by atoms with Crippen molar-refractivity contribution in [3.8, 4) is 0 Å². The molecule has 3 N–H and O–H groups in total. The lowest BCUT2D eigenvalue weighted by molar-refractivity contribution is -0.136. The molecule has 1 aliphatic rings. The van der Waals surface area contributed by atoms with Crippen LogP contribution in [0.5, 0.6) is 0 Å². The first-order valence-corrected chi connectivity index (χ1v) is 8.11. The van der Waals surface area contributed by atoms with E-state index >= 15 is 0 Å². The Morgan fingerprint density at radius 2 is 1.90 bits per heavy atom. The third-order valence-electron chi connectivity index (χ3n) is 3.33. The zero-order valence-electron chi connectivity index (χ0n) is 11.8. The number of anilines is 1. The van der Waals surface area contributed by atoms with Crippen LogP contribution in [0.1, 0.15) is 18.4 Å². The largest absolute Gasteiger partial charge is 0.481 e. The summed E-state index contributed by atoms with van der Waals surface area (Å²) in [6, 6.07) is 6.93. The highest BCUT2D eigenvalue weighted by Gasteiger charge is 2.15. The summed E-state index contributed by atoms with van der Waals surface area (Å²) in [6.45, 7) is 2.06. The Bertz CT molecular complexity index is 484. The van der Waals surface area contributed by atoms with E-state index in [0.29, 0.717) is 16.7 Å². The smallest absolute Gasteiger partial charge is 0.307 e. The molecule has 1 amide bonds. The van der Waals surface area contributed by atoms with Gasteiger partial charge in [0.1, 0.15) is 0 Å². The van der Waals surface area contributed by atoms with E-state index in [-0.39, 0.29) is 12.3 Å². The fourth-order valence-corrected chi connectivity index (χ4v) is 3.26. The average molecular weight is 308 g/mol. The van der Waals surface area contributed by atoms with E-state index in [4.69, 9.17) is 5.11 Å². The molecule has 0 saturated carbocycles. The number of piperidine rings is 1. The highest BCUT2D eigenvalue weighted by atomic mass is 32.2. The molecule has 0 aliphatic carbocycles. The van der Waals surface area contributed by atoms with Crippen LogP contribution in [0, 0.1) is 0 Å². The van der Waals surface area contributed by atoms with Gasteiger partial charge >= 0.3 is 5.97 Å². The van der Waals surface area contributed by atoms with E-state index in [9.17, 15) is 9.59 Å². The number of thioether (sulfide) groups is 1. The molecule has 1 aliphatic heterocycles. The summed E-state index contributed by atoms with van der Waals surface area (Å²) in [4.78, 5) is 22.5. The van der Waals surface area contributed by atoms with Crippen molar-refractivity contribution in [1.29, 1.82) is 0 Å². The summed E-state index contributed by atoms with van der Waals surface area (Å²) in [7, 11) is 0. The summed E-state index contributed by atoms with van der Waals surface area (Å²) >= 11 is 1.71.